The third kappa shape index (κ3) is 5.75. The van der Waals surface area contributed by atoms with Crippen LogP contribution in [0.2, 0.25) is 0 Å². The number of thiocarbonyl (C=S) groups is 1. The fourth-order valence-electron chi connectivity index (χ4n) is 4.13. The fraction of sp³-hybridized carbons (Fsp3) is 0.0345. The van der Waals surface area contributed by atoms with Gasteiger partial charge in [-0.15, -0.1) is 11.8 Å². The first-order valence-electron chi connectivity index (χ1n) is 12.0. The summed E-state index contributed by atoms with van der Waals surface area (Å²) in [6.07, 6.45) is 1.28. The van der Waals surface area contributed by atoms with E-state index in [4.69, 9.17) is 12.2 Å². The van der Waals surface area contributed by atoms with Crippen molar-refractivity contribution in [3.05, 3.63) is 112 Å². The molecule has 0 unspecified atom stereocenters. The summed E-state index contributed by atoms with van der Waals surface area (Å²) in [5.74, 6) is -1.72. The summed E-state index contributed by atoms with van der Waals surface area (Å²) in [6.45, 7) is 0. The maximum Gasteiger partial charge on any atom is 0.283 e. The molecule has 4 aromatic carbocycles. The Morgan fingerprint density at radius 2 is 1.70 bits per heavy atom. The van der Waals surface area contributed by atoms with Gasteiger partial charge in [0.15, 0.2) is 5.11 Å². The van der Waals surface area contributed by atoms with Crippen molar-refractivity contribution in [3.63, 3.8) is 0 Å². The smallest absolute Gasteiger partial charge is 0.283 e. The van der Waals surface area contributed by atoms with Gasteiger partial charge >= 0.3 is 0 Å². The summed E-state index contributed by atoms with van der Waals surface area (Å²) >= 11 is 6.20. The Hall–Kier alpha value is -4.87. The molecule has 4 aromatic rings. The van der Waals surface area contributed by atoms with Gasteiger partial charge in [-0.3, -0.25) is 34.7 Å². The van der Waals surface area contributed by atoms with Gasteiger partial charge in [0.05, 0.1) is 21.3 Å². The normalized spacial score (nSPS) is 14.3. The number of rotatable bonds is 7. The largest absolute Gasteiger partial charge is 0.325 e. The van der Waals surface area contributed by atoms with Crippen molar-refractivity contribution in [1.82, 2.24) is 5.32 Å². The second-order valence-electron chi connectivity index (χ2n) is 8.68. The van der Waals surface area contributed by atoms with Crippen LogP contribution in [0.5, 0.6) is 0 Å². The Balaban J connectivity index is 1.33. The summed E-state index contributed by atoms with van der Waals surface area (Å²) in [5, 5.41) is 19.1. The molecule has 1 aliphatic rings. The van der Waals surface area contributed by atoms with E-state index < -0.39 is 16.7 Å². The highest BCUT2D eigenvalue weighted by Crippen LogP contribution is 2.32. The van der Waals surface area contributed by atoms with Gasteiger partial charge in [-0.05, 0) is 65.0 Å². The Morgan fingerprint density at radius 3 is 2.45 bits per heavy atom. The molecule has 0 radical (unpaired) electrons. The number of nitro benzene ring substituents is 1. The number of nitro groups is 1. The summed E-state index contributed by atoms with van der Waals surface area (Å²) in [6, 6.07) is 26.2. The molecule has 40 heavy (non-hydrogen) atoms. The van der Waals surface area contributed by atoms with Crippen LogP contribution < -0.4 is 15.5 Å². The zero-order chi connectivity index (χ0) is 28.2. The zero-order valence-electron chi connectivity index (χ0n) is 20.7. The van der Waals surface area contributed by atoms with Gasteiger partial charge in [-0.2, -0.15) is 0 Å². The number of benzene rings is 4. The highest BCUT2D eigenvalue weighted by atomic mass is 32.2. The number of thioether (sulfide) groups is 1. The van der Waals surface area contributed by atoms with Gasteiger partial charge in [-0.25, -0.2) is 0 Å². The molecule has 0 spiro atoms. The van der Waals surface area contributed by atoms with Crippen molar-refractivity contribution < 1.29 is 19.3 Å². The van der Waals surface area contributed by atoms with Crippen LogP contribution >= 0.6 is 24.0 Å². The van der Waals surface area contributed by atoms with E-state index in [1.54, 1.807) is 42.5 Å². The molecule has 11 heteroatoms. The number of nitrogens with zero attached hydrogens (tertiary/aromatic N) is 2. The van der Waals surface area contributed by atoms with Crippen LogP contribution in [0.15, 0.2) is 101 Å². The molecule has 0 aromatic heterocycles. The molecule has 1 fully saturated rings. The number of hydrogen-bond donors (Lipinski definition) is 2. The summed E-state index contributed by atoms with van der Waals surface area (Å²) < 4.78 is 0. The Labute approximate surface area is 238 Å². The van der Waals surface area contributed by atoms with Gasteiger partial charge < -0.3 is 5.32 Å². The van der Waals surface area contributed by atoms with E-state index in [2.05, 4.69) is 10.6 Å². The van der Waals surface area contributed by atoms with Crippen molar-refractivity contribution >= 4 is 80.7 Å². The lowest BCUT2D eigenvalue weighted by Crippen LogP contribution is -2.54. The molecule has 198 valence electrons. The molecule has 9 nitrogen and oxygen atoms in total. The van der Waals surface area contributed by atoms with Crippen LogP contribution in [0.3, 0.4) is 0 Å². The molecule has 5 rings (SSSR count). The Morgan fingerprint density at radius 1 is 0.975 bits per heavy atom. The minimum atomic E-state index is -0.700. The van der Waals surface area contributed by atoms with Crippen molar-refractivity contribution in [2.45, 2.75) is 4.90 Å². The van der Waals surface area contributed by atoms with Gasteiger partial charge in [0, 0.05) is 11.8 Å². The second-order valence-corrected chi connectivity index (χ2v) is 10.1. The predicted molar refractivity (Wildman–Crippen MR) is 159 cm³/mol. The molecule has 0 bridgehead atoms. The summed E-state index contributed by atoms with van der Waals surface area (Å²) in [7, 11) is 0. The zero-order valence-corrected chi connectivity index (χ0v) is 22.3. The van der Waals surface area contributed by atoms with E-state index in [0.717, 1.165) is 22.5 Å². The predicted octanol–water partition coefficient (Wildman–Crippen LogP) is 5.31. The highest BCUT2D eigenvalue weighted by molar-refractivity contribution is 8.00. The van der Waals surface area contributed by atoms with Crippen molar-refractivity contribution in [2.24, 2.45) is 0 Å². The second kappa shape index (κ2) is 11.5. The van der Waals surface area contributed by atoms with E-state index in [-0.39, 0.29) is 38.5 Å². The third-order valence-corrected chi connectivity index (χ3v) is 7.35. The van der Waals surface area contributed by atoms with Crippen LogP contribution in [-0.4, -0.2) is 33.5 Å². The minimum absolute atomic E-state index is 0.0571. The lowest BCUT2D eigenvalue weighted by Gasteiger charge is -2.28. The molecular weight excluding hydrogens is 548 g/mol. The van der Waals surface area contributed by atoms with Gasteiger partial charge in [0.2, 0.25) is 5.91 Å². The van der Waals surface area contributed by atoms with Crippen molar-refractivity contribution in [1.29, 1.82) is 0 Å². The number of fused-ring (bicyclic) bond motifs is 1. The fourth-order valence-corrected chi connectivity index (χ4v) is 5.22. The molecule has 0 aliphatic carbocycles. The van der Waals surface area contributed by atoms with Gasteiger partial charge in [0.1, 0.15) is 5.57 Å². The van der Waals surface area contributed by atoms with E-state index in [1.165, 1.54) is 23.1 Å². The number of nitrogens with one attached hydrogen (secondary N) is 2. The van der Waals surface area contributed by atoms with E-state index in [1.807, 2.05) is 36.4 Å². The van der Waals surface area contributed by atoms with Crippen molar-refractivity contribution in [3.8, 4) is 0 Å². The molecule has 1 aliphatic heterocycles. The SMILES string of the molecule is O=C(CSc1ccc(/C=C2\C(=O)NC(=S)N(c3ccccc3)C2=O)cc1[N+](=O)[O-])Nc1ccc2ccccc2c1. The Bertz CT molecular complexity index is 1720. The minimum Gasteiger partial charge on any atom is -0.325 e. The van der Waals surface area contributed by atoms with Crippen LogP contribution in [-0.2, 0) is 14.4 Å². The molecule has 3 amide bonds. The lowest BCUT2D eigenvalue weighted by atomic mass is 10.1. The quantitative estimate of drug-likeness (QED) is 0.0774. The van der Waals surface area contributed by atoms with E-state index in [9.17, 15) is 24.5 Å². The average Bonchev–Trinajstić information content (AvgIpc) is 2.95. The number of para-hydroxylation sites is 1. The van der Waals surface area contributed by atoms with Gasteiger partial charge in [-0.1, -0.05) is 54.6 Å². The topological polar surface area (TPSA) is 122 Å². The third-order valence-electron chi connectivity index (χ3n) is 6.00. The molecular formula is C29H20N4O5S2. The number of amides is 3. The standard InChI is InChI=1S/C29H20N4O5S2/c34-26(30-21-12-11-19-6-4-5-7-20(19)16-21)17-40-25-13-10-18(15-24(25)33(37)38)14-23-27(35)31-29(39)32(28(23)36)22-8-2-1-3-9-22/h1-16H,17H2,(H,30,34)(H,31,35,39)/b23-14+. The van der Waals surface area contributed by atoms with Crippen LogP contribution in [0.1, 0.15) is 5.56 Å². The molecule has 0 atom stereocenters. The lowest BCUT2D eigenvalue weighted by molar-refractivity contribution is -0.387. The number of hydrogen-bond acceptors (Lipinski definition) is 7. The number of carbonyl (C=O) groups excluding carboxylic acids is 3. The average molecular weight is 569 g/mol. The Kier molecular flexibility index (Phi) is 7.67. The van der Waals surface area contributed by atoms with Crippen LogP contribution in [0.25, 0.3) is 16.8 Å². The highest BCUT2D eigenvalue weighted by Gasteiger charge is 2.34. The molecule has 1 heterocycles. The first kappa shape index (κ1) is 26.7. The first-order chi connectivity index (χ1) is 19.3. The van der Waals surface area contributed by atoms with Crippen LogP contribution in [0, 0.1) is 10.1 Å². The molecule has 2 N–H and O–H groups in total. The maximum atomic E-state index is 13.2. The van der Waals surface area contributed by atoms with Crippen molar-refractivity contribution in [2.75, 3.05) is 16.0 Å². The summed E-state index contributed by atoms with van der Waals surface area (Å²) in [4.78, 5) is 51.0. The summed E-state index contributed by atoms with van der Waals surface area (Å²) in [5.41, 5.74) is 0.901. The van der Waals surface area contributed by atoms with E-state index in [0.29, 0.717) is 11.4 Å². The van der Waals surface area contributed by atoms with E-state index >= 15 is 0 Å². The monoisotopic (exact) mass is 568 g/mol. The first-order valence-corrected chi connectivity index (χ1v) is 13.4. The van der Waals surface area contributed by atoms with Gasteiger partial charge in [0.25, 0.3) is 17.5 Å². The number of anilines is 2. The van der Waals surface area contributed by atoms with Crippen LogP contribution in [0.4, 0.5) is 17.1 Å². The molecule has 0 saturated carbocycles. The molecule has 1 saturated heterocycles. The maximum absolute atomic E-state index is 13.2. The number of carbonyl (C=O) groups is 3.